The fourth-order valence-electron chi connectivity index (χ4n) is 4.08. The lowest BCUT2D eigenvalue weighted by molar-refractivity contribution is -0.0533. The van der Waals surface area contributed by atoms with Gasteiger partial charge in [-0.1, -0.05) is 12.1 Å². The summed E-state index contributed by atoms with van der Waals surface area (Å²) < 4.78 is 6.28. The molecular formula is C20H23N5O. The third-order valence-electron chi connectivity index (χ3n) is 5.17. The van der Waals surface area contributed by atoms with Crippen molar-refractivity contribution < 1.29 is 4.74 Å². The summed E-state index contributed by atoms with van der Waals surface area (Å²) >= 11 is 0. The standard InChI is InChI=1S/C20H23N5O/c21-11-17-5-1-6-19(23-17)24-18-10-20(26-14-18)7-3-9-25(15-20)13-16-4-2-8-22-12-16/h1-2,4-6,8,12,18H,3,7,9-10,13-15H2,(H,23,24)/t18-,20+/m1/s1. The second-order valence-corrected chi connectivity index (χ2v) is 7.23. The molecule has 4 heterocycles. The minimum atomic E-state index is -0.0784. The number of aromatic nitrogens is 2. The Morgan fingerprint density at radius 3 is 3.15 bits per heavy atom. The van der Waals surface area contributed by atoms with E-state index < -0.39 is 0 Å². The average Bonchev–Trinajstić information content (AvgIpc) is 3.04. The second-order valence-electron chi connectivity index (χ2n) is 7.23. The highest BCUT2D eigenvalue weighted by atomic mass is 16.5. The molecule has 2 saturated heterocycles. The lowest BCUT2D eigenvalue weighted by Crippen LogP contribution is -2.47. The normalized spacial score (nSPS) is 25.9. The molecule has 0 amide bonds. The van der Waals surface area contributed by atoms with Gasteiger partial charge in [-0.05, 0) is 43.1 Å². The summed E-state index contributed by atoms with van der Waals surface area (Å²) in [4.78, 5) is 11.0. The first-order valence-electron chi connectivity index (χ1n) is 9.14. The lowest BCUT2D eigenvalue weighted by Gasteiger charge is -2.39. The molecule has 4 rings (SSSR count). The van der Waals surface area contributed by atoms with Gasteiger partial charge in [-0.15, -0.1) is 0 Å². The number of ether oxygens (including phenoxy) is 1. The van der Waals surface area contributed by atoms with Gasteiger partial charge in [0.15, 0.2) is 0 Å². The highest BCUT2D eigenvalue weighted by molar-refractivity contribution is 5.39. The fraction of sp³-hybridized carbons (Fsp3) is 0.450. The van der Waals surface area contributed by atoms with Crippen molar-refractivity contribution in [2.75, 3.05) is 25.0 Å². The first kappa shape index (κ1) is 17.0. The molecule has 0 unspecified atom stereocenters. The topological polar surface area (TPSA) is 74.1 Å². The molecule has 6 heteroatoms. The predicted octanol–water partition coefficient (Wildman–Crippen LogP) is 2.58. The van der Waals surface area contributed by atoms with Crippen LogP contribution in [0, 0.1) is 11.3 Å². The van der Waals surface area contributed by atoms with Gasteiger partial charge in [0, 0.05) is 31.9 Å². The van der Waals surface area contributed by atoms with Crippen molar-refractivity contribution in [3.8, 4) is 6.07 Å². The zero-order valence-corrected chi connectivity index (χ0v) is 14.8. The van der Waals surface area contributed by atoms with Crippen LogP contribution in [0.2, 0.25) is 0 Å². The van der Waals surface area contributed by atoms with Crippen LogP contribution < -0.4 is 5.32 Å². The minimum absolute atomic E-state index is 0.0784. The fourth-order valence-corrected chi connectivity index (χ4v) is 4.08. The van der Waals surface area contributed by atoms with E-state index in [-0.39, 0.29) is 11.6 Å². The van der Waals surface area contributed by atoms with Gasteiger partial charge in [0.2, 0.25) is 0 Å². The molecule has 1 spiro atoms. The summed E-state index contributed by atoms with van der Waals surface area (Å²) in [6, 6.07) is 11.9. The zero-order chi connectivity index (χ0) is 17.8. The number of anilines is 1. The molecular weight excluding hydrogens is 326 g/mol. The molecule has 0 aliphatic carbocycles. The van der Waals surface area contributed by atoms with E-state index in [1.807, 2.05) is 30.6 Å². The summed E-state index contributed by atoms with van der Waals surface area (Å²) in [5.41, 5.74) is 1.60. The Bertz CT molecular complexity index is 790. The Hall–Kier alpha value is -2.49. The van der Waals surface area contributed by atoms with E-state index in [1.54, 1.807) is 6.07 Å². The Kier molecular flexibility index (Phi) is 4.83. The van der Waals surface area contributed by atoms with Crippen molar-refractivity contribution in [2.45, 2.75) is 37.5 Å². The number of piperidine rings is 1. The van der Waals surface area contributed by atoms with Crippen molar-refractivity contribution in [1.82, 2.24) is 14.9 Å². The highest BCUT2D eigenvalue weighted by Gasteiger charge is 2.43. The van der Waals surface area contributed by atoms with Crippen LogP contribution in [0.3, 0.4) is 0 Å². The third-order valence-corrected chi connectivity index (χ3v) is 5.17. The van der Waals surface area contributed by atoms with Crippen LogP contribution in [0.5, 0.6) is 0 Å². The largest absolute Gasteiger partial charge is 0.371 e. The van der Waals surface area contributed by atoms with Gasteiger partial charge in [-0.3, -0.25) is 9.88 Å². The number of pyridine rings is 2. The van der Waals surface area contributed by atoms with Crippen molar-refractivity contribution in [1.29, 1.82) is 5.26 Å². The summed E-state index contributed by atoms with van der Waals surface area (Å²) in [7, 11) is 0. The maximum absolute atomic E-state index is 9.00. The number of nitriles is 1. The Morgan fingerprint density at radius 2 is 2.31 bits per heavy atom. The quantitative estimate of drug-likeness (QED) is 0.914. The molecule has 0 aromatic carbocycles. The van der Waals surface area contributed by atoms with Crippen LogP contribution in [0.4, 0.5) is 5.82 Å². The number of hydrogen-bond acceptors (Lipinski definition) is 6. The van der Waals surface area contributed by atoms with Gasteiger partial charge < -0.3 is 10.1 Å². The molecule has 2 aliphatic heterocycles. The van der Waals surface area contributed by atoms with E-state index in [0.29, 0.717) is 12.3 Å². The van der Waals surface area contributed by atoms with Crippen LogP contribution >= 0.6 is 0 Å². The highest BCUT2D eigenvalue weighted by Crippen LogP contribution is 2.36. The first-order chi connectivity index (χ1) is 12.7. The van der Waals surface area contributed by atoms with Gasteiger partial charge in [-0.2, -0.15) is 5.26 Å². The van der Waals surface area contributed by atoms with Crippen LogP contribution in [-0.4, -0.2) is 46.2 Å². The predicted molar refractivity (Wildman–Crippen MR) is 98.4 cm³/mol. The molecule has 2 fully saturated rings. The molecule has 134 valence electrons. The number of hydrogen-bond donors (Lipinski definition) is 1. The molecule has 26 heavy (non-hydrogen) atoms. The monoisotopic (exact) mass is 349 g/mol. The van der Waals surface area contributed by atoms with Gasteiger partial charge in [-0.25, -0.2) is 4.98 Å². The molecule has 2 aliphatic rings. The minimum Gasteiger partial charge on any atom is -0.371 e. The molecule has 0 bridgehead atoms. The van der Waals surface area contributed by atoms with Gasteiger partial charge in [0.05, 0.1) is 18.2 Å². The zero-order valence-electron chi connectivity index (χ0n) is 14.8. The molecule has 6 nitrogen and oxygen atoms in total. The van der Waals surface area contributed by atoms with E-state index in [0.717, 1.165) is 44.7 Å². The summed E-state index contributed by atoms with van der Waals surface area (Å²) in [5, 5.41) is 12.4. The Labute approximate surface area is 153 Å². The van der Waals surface area contributed by atoms with Crippen molar-refractivity contribution in [2.24, 2.45) is 0 Å². The van der Waals surface area contributed by atoms with E-state index in [9.17, 15) is 0 Å². The van der Waals surface area contributed by atoms with E-state index >= 15 is 0 Å². The third kappa shape index (κ3) is 3.85. The lowest BCUT2D eigenvalue weighted by atomic mass is 9.88. The average molecular weight is 349 g/mol. The molecule has 2 aromatic heterocycles. The smallest absolute Gasteiger partial charge is 0.142 e. The number of rotatable bonds is 4. The molecule has 1 N–H and O–H groups in total. The first-order valence-corrected chi connectivity index (χ1v) is 9.14. The Balaban J connectivity index is 1.37. The van der Waals surface area contributed by atoms with Gasteiger partial charge in [0.25, 0.3) is 0 Å². The maximum Gasteiger partial charge on any atom is 0.142 e. The summed E-state index contributed by atoms with van der Waals surface area (Å²) in [5.74, 6) is 0.748. The summed E-state index contributed by atoms with van der Waals surface area (Å²) in [6.45, 7) is 3.65. The van der Waals surface area contributed by atoms with E-state index in [1.165, 1.54) is 5.56 Å². The van der Waals surface area contributed by atoms with Gasteiger partial charge >= 0.3 is 0 Å². The maximum atomic E-state index is 9.00. The Morgan fingerprint density at radius 1 is 1.35 bits per heavy atom. The number of likely N-dealkylation sites (tertiary alicyclic amines) is 1. The van der Waals surface area contributed by atoms with Crippen LogP contribution in [-0.2, 0) is 11.3 Å². The van der Waals surface area contributed by atoms with Crippen LogP contribution in [0.25, 0.3) is 0 Å². The number of nitrogens with one attached hydrogen (secondary N) is 1. The van der Waals surface area contributed by atoms with Crippen LogP contribution in [0.15, 0.2) is 42.7 Å². The van der Waals surface area contributed by atoms with Crippen molar-refractivity contribution in [3.05, 3.63) is 54.0 Å². The van der Waals surface area contributed by atoms with Crippen LogP contribution in [0.1, 0.15) is 30.5 Å². The van der Waals surface area contributed by atoms with E-state index in [4.69, 9.17) is 10.00 Å². The van der Waals surface area contributed by atoms with Crippen molar-refractivity contribution >= 4 is 5.82 Å². The SMILES string of the molecule is N#Cc1cccc(N[C@H]2CO[C@@]3(CCCN(Cc4cccnc4)C3)C2)n1. The molecule has 2 atom stereocenters. The number of nitrogens with zero attached hydrogens (tertiary/aromatic N) is 4. The molecule has 0 radical (unpaired) electrons. The van der Waals surface area contributed by atoms with E-state index in [2.05, 4.69) is 32.3 Å². The second kappa shape index (κ2) is 7.40. The molecule has 0 saturated carbocycles. The van der Waals surface area contributed by atoms with Crippen molar-refractivity contribution in [3.63, 3.8) is 0 Å². The van der Waals surface area contributed by atoms with Gasteiger partial charge in [0.1, 0.15) is 17.6 Å². The molecule has 2 aromatic rings. The summed E-state index contributed by atoms with van der Waals surface area (Å²) in [6.07, 6.45) is 6.96.